The summed E-state index contributed by atoms with van der Waals surface area (Å²) in [5.41, 5.74) is 1.98. The van der Waals surface area contributed by atoms with Crippen molar-refractivity contribution in [2.24, 2.45) is 0 Å². The van der Waals surface area contributed by atoms with Crippen LogP contribution in [0.2, 0.25) is 5.02 Å². The molecule has 0 amide bonds. The number of hydrogen-bond donors (Lipinski definition) is 1. The number of aliphatic hydroxyl groups is 1. The Labute approximate surface area is 128 Å². The van der Waals surface area contributed by atoms with Gasteiger partial charge in [0.25, 0.3) is 0 Å². The maximum Gasteiger partial charge on any atom is 0.129 e. The third kappa shape index (κ3) is 4.87. The smallest absolute Gasteiger partial charge is 0.129 e. The van der Waals surface area contributed by atoms with Crippen molar-refractivity contribution in [1.29, 1.82) is 0 Å². The molecule has 0 bridgehead atoms. The summed E-state index contributed by atoms with van der Waals surface area (Å²) in [6, 6.07) is 12.0. The lowest BCUT2D eigenvalue weighted by Gasteiger charge is -2.06. The van der Waals surface area contributed by atoms with Crippen LogP contribution in [0.1, 0.15) is 16.7 Å². The fraction of sp³-hybridized carbons (Fsp3) is 0.176. The topological polar surface area (TPSA) is 29.5 Å². The molecule has 0 heterocycles. The minimum absolute atomic E-state index is 0.183. The number of ether oxygens (including phenoxy) is 1. The highest BCUT2D eigenvalue weighted by Crippen LogP contribution is 2.14. The third-order valence-electron chi connectivity index (χ3n) is 2.80. The predicted molar refractivity (Wildman–Crippen MR) is 80.3 cm³/mol. The lowest BCUT2D eigenvalue weighted by atomic mass is 10.1. The number of halogens is 2. The maximum atomic E-state index is 13.8. The van der Waals surface area contributed by atoms with E-state index in [1.165, 1.54) is 6.07 Å². The average Bonchev–Trinajstić information content (AvgIpc) is 2.49. The first-order chi connectivity index (χ1) is 10.2. The standard InChI is InChI=1S/C17H14ClFO2/c18-16-7-4-14(5-8-16)11-21-12-15-6-3-13(2-1-9-20)10-17(15)19/h3-8,10,20H,9,11-12H2. The van der Waals surface area contributed by atoms with E-state index in [4.69, 9.17) is 21.4 Å². The molecule has 0 atom stereocenters. The molecule has 0 aromatic heterocycles. The Hall–Kier alpha value is -1.86. The highest BCUT2D eigenvalue weighted by atomic mass is 35.5. The zero-order valence-corrected chi connectivity index (χ0v) is 12.0. The lowest BCUT2D eigenvalue weighted by Crippen LogP contribution is -1.97. The Morgan fingerprint density at radius 3 is 2.52 bits per heavy atom. The van der Waals surface area contributed by atoms with E-state index in [1.54, 1.807) is 24.3 Å². The monoisotopic (exact) mass is 304 g/mol. The number of rotatable bonds is 4. The Balaban J connectivity index is 1.92. The first kappa shape index (κ1) is 15.5. The fourth-order valence-electron chi connectivity index (χ4n) is 1.74. The van der Waals surface area contributed by atoms with Gasteiger partial charge in [-0.1, -0.05) is 41.6 Å². The van der Waals surface area contributed by atoms with Crippen molar-refractivity contribution in [2.75, 3.05) is 6.61 Å². The highest BCUT2D eigenvalue weighted by Gasteiger charge is 2.03. The molecule has 0 saturated carbocycles. The Morgan fingerprint density at radius 1 is 1.10 bits per heavy atom. The second kappa shape index (κ2) is 7.80. The molecule has 1 N–H and O–H groups in total. The number of hydrogen-bond acceptors (Lipinski definition) is 2. The molecule has 4 heteroatoms. The van der Waals surface area contributed by atoms with Gasteiger partial charge in [0, 0.05) is 16.1 Å². The van der Waals surface area contributed by atoms with Gasteiger partial charge in [-0.3, -0.25) is 0 Å². The molecule has 2 aromatic rings. The molecule has 0 saturated heterocycles. The number of aliphatic hydroxyl groups excluding tert-OH is 1. The van der Waals surface area contributed by atoms with Crippen LogP contribution in [0, 0.1) is 17.7 Å². The van der Waals surface area contributed by atoms with Gasteiger partial charge in [-0.15, -0.1) is 0 Å². The fourth-order valence-corrected chi connectivity index (χ4v) is 1.87. The second-order valence-corrected chi connectivity index (χ2v) is 4.82. The predicted octanol–water partition coefficient (Wildman–Crippen LogP) is 3.54. The average molecular weight is 305 g/mol. The molecule has 0 unspecified atom stereocenters. The van der Waals surface area contributed by atoms with Crippen molar-refractivity contribution < 1.29 is 14.2 Å². The normalized spacial score (nSPS) is 10.0. The molecule has 0 aliphatic heterocycles. The van der Waals surface area contributed by atoms with Crippen LogP contribution in [-0.4, -0.2) is 11.7 Å². The summed E-state index contributed by atoms with van der Waals surface area (Å²) in [6.07, 6.45) is 0. The van der Waals surface area contributed by atoms with Crippen LogP contribution in [0.25, 0.3) is 0 Å². The van der Waals surface area contributed by atoms with Gasteiger partial charge in [-0.2, -0.15) is 0 Å². The van der Waals surface area contributed by atoms with Crippen molar-refractivity contribution in [3.05, 3.63) is 70.0 Å². The Bertz CT molecular complexity index is 657. The van der Waals surface area contributed by atoms with Crippen molar-refractivity contribution in [3.63, 3.8) is 0 Å². The van der Waals surface area contributed by atoms with E-state index in [1.807, 2.05) is 12.1 Å². The molecule has 2 rings (SSSR count). The van der Waals surface area contributed by atoms with Gasteiger partial charge in [0.05, 0.1) is 13.2 Å². The van der Waals surface area contributed by atoms with Crippen molar-refractivity contribution in [3.8, 4) is 11.8 Å². The summed E-state index contributed by atoms with van der Waals surface area (Å²) >= 11 is 5.80. The summed E-state index contributed by atoms with van der Waals surface area (Å²) in [7, 11) is 0. The van der Waals surface area contributed by atoms with Crippen molar-refractivity contribution >= 4 is 11.6 Å². The first-order valence-electron chi connectivity index (χ1n) is 6.39. The molecular formula is C17H14ClFO2. The number of benzene rings is 2. The third-order valence-corrected chi connectivity index (χ3v) is 3.06. The lowest BCUT2D eigenvalue weighted by molar-refractivity contribution is 0.105. The Kier molecular flexibility index (Phi) is 5.77. The van der Waals surface area contributed by atoms with Gasteiger partial charge in [0.1, 0.15) is 12.4 Å². The van der Waals surface area contributed by atoms with Crippen LogP contribution in [0.4, 0.5) is 4.39 Å². The zero-order valence-electron chi connectivity index (χ0n) is 11.3. The van der Waals surface area contributed by atoms with Crippen molar-refractivity contribution in [2.45, 2.75) is 13.2 Å². The van der Waals surface area contributed by atoms with Crippen LogP contribution >= 0.6 is 11.6 Å². The van der Waals surface area contributed by atoms with Crippen LogP contribution in [-0.2, 0) is 18.0 Å². The van der Waals surface area contributed by atoms with Gasteiger partial charge in [0.15, 0.2) is 0 Å². The summed E-state index contributed by atoms with van der Waals surface area (Å²) in [5, 5.41) is 9.27. The summed E-state index contributed by atoms with van der Waals surface area (Å²) < 4.78 is 19.3. The van der Waals surface area contributed by atoms with Crippen LogP contribution in [0.15, 0.2) is 42.5 Å². The highest BCUT2D eigenvalue weighted by molar-refractivity contribution is 6.30. The first-order valence-corrected chi connectivity index (χ1v) is 6.77. The van der Waals surface area contributed by atoms with E-state index in [9.17, 15) is 4.39 Å². The molecule has 0 spiro atoms. The van der Waals surface area contributed by atoms with E-state index in [0.29, 0.717) is 22.8 Å². The van der Waals surface area contributed by atoms with Crippen LogP contribution < -0.4 is 0 Å². The molecule has 0 aliphatic carbocycles. The van der Waals surface area contributed by atoms with E-state index in [2.05, 4.69) is 11.8 Å². The second-order valence-electron chi connectivity index (χ2n) is 4.39. The van der Waals surface area contributed by atoms with E-state index in [0.717, 1.165) is 5.56 Å². The van der Waals surface area contributed by atoms with Crippen LogP contribution in [0.5, 0.6) is 0 Å². The maximum absolute atomic E-state index is 13.8. The summed E-state index contributed by atoms with van der Waals surface area (Å²) in [6.45, 7) is 0.332. The molecular weight excluding hydrogens is 291 g/mol. The largest absolute Gasteiger partial charge is 0.384 e. The molecule has 0 radical (unpaired) electrons. The molecule has 21 heavy (non-hydrogen) atoms. The van der Waals surface area contributed by atoms with Gasteiger partial charge >= 0.3 is 0 Å². The van der Waals surface area contributed by atoms with E-state index < -0.39 is 0 Å². The van der Waals surface area contributed by atoms with Crippen molar-refractivity contribution in [1.82, 2.24) is 0 Å². The van der Waals surface area contributed by atoms with Gasteiger partial charge < -0.3 is 9.84 Å². The summed E-state index contributed by atoms with van der Waals surface area (Å²) in [5.74, 6) is 4.77. The van der Waals surface area contributed by atoms with Gasteiger partial charge in [-0.25, -0.2) is 4.39 Å². The van der Waals surface area contributed by atoms with E-state index in [-0.39, 0.29) is 19.0 Å². The Morgan fingerprint density at radius 2 is 1.86 bits per heavy atom. The quantitative estimate of drug-likeness (QED) is 0.876. The van der Waals surface area contributed by atoms with Crippen LogP contribution in [0.3, 0.4) is 0 Å². The van der Waals surface area contributed by atoms with E-state index >= 15 is 0 Å². The molecule has 108 valence electrons. The molecule has 2 aromatic carbocycles. The van der Waals surface area contributed by atoms with Gasteiger partial charge in [-0.05, 0) is 29.8 Å². The van der Waals surface area contributed by atoms with Gasteiger partial charge in [0.2, 0.25) is 0 Å². The minimum Gasteiger partial charge on any atom is -0.384 e. The minimum atomic E-state index is -0.365. The SMILES string of the molecule is OCC#Cc1ccc(COCc2ccc(Cl)cc2)c(F)c1. The summed E-state index contributed by atoms with van der Waals surface area (Å²) in [4.78, 5) is 0. The molecule has 0 fully saturated rings. The molecule has 0 aliphatic rings. The zero-order chi connectivity index (χ0) is 15.1. The molecule has 2 nitrogen and oxygen atoms in total.